The third kappa shape index (κ3) is 4.03. The van der Waals surface area contributed by atoms with E-state index in [9.17, 15) is 9.59 Å². The van der Waals surface area contributed by atoms with Gasteiger partial charge in [-0.1, -0.05) is 13.3 Å². The van der Waals surface area contributed by atoms with Gasteiger partial charge < -0.3 is 14.6 Å². The molecule has 2 aliphatic heterocycles. The fourth-order valence-corrected chi connectivity index (χ4v) is 3.05. The summed E-state index contributed by atoms with van der Waals surface area (Å²) in [6, 6.07) is 0. The molecule has 0 saturated carbocycles. The molecule has 0 aromatic rings. The first-order valence-electron chi connectivity index (χ1n) is 7.66. The number of carbonyl (C=O) groups excluding carboxylic acids is 1. The van der Waals surface area contributed by atoms with Crippen LogP contribution >= 0.6 is 0 Å². The molecule has 4 unspecified atom stereocenters. The molecule has 2 saturated heterocycles. The minimum atomic E-state index is -0.971. The lowest BCUT2D eigenvalue weighted by atomic mass is 10.0. The highest BCUT2D eigenvalue weighted by atomic mass is 16.5. The Balaban J connectivity index is 1.67. The van der Waals surface area contributed by atoms with Crippen molar-refractivity contribution in [1.29, 1.82) is 0 Å². The Morgan fingerprint density at radius 2 is 1.65 bits per heavy atom. The molecule has 2 aliphatic rings. The van der Waals surface area contributed by atoms with Gasteiger partial charge in [-0.25, -0.2) is 4.79 Å². The summed E-state index contributed by atoms with van der Waals surface area (Å²) in [4.78, 5) is 22.8. The standard InChI is InChI=1S/C15H24O5/c1-2-3-10-4-5-11(19-10)6-7-12(16)13-8-9-14(20-13)15(17)18/h10-11,13-14H,2-9H2,1H3,(H,17,18). The van der Waals surface area contributed by atoms with Crippen molar-refractivity contribution in [1.82, 2.24) is 0 Å². The Kier molecular flexibility index (Phi) is 5.54. The van der Waals surface area contributed by atoms with E-state index < -0.39 is 18.2 Å². The van der Waals surface area contributed by atoms with Gasteiger partial charge in [0, 0.05) is 6.42 Å². The largest absolute Gasteiger partial charge is 0.479 e. The first-order chi connectivity index (χ1) is 9.60. The molecule has 20 heavy (non-hydrogen) atoms. The molecule has 5 heteroatoms. The molecule has 2 heterocycles. The molecule has 0 radical (unpaired) electrons. The fourth-order valence-electron chi connectivity index (χ4n) is 3.05. The highest BCUT2D eigenvalue weighted by Gasteiger charge is 2.35. The molecule has 114 valence electrons. The second-order valence-corrected chi connectivity index (χ2v) is 5.78. The number of carboxylic acid groups (broad SMARTS) is 1. The monoisotopic (exact) mass is 284 g/mol. The van der Waals surface area contributed by atoms with E-state index in [4.69, 9.17) is 14.6 Å². The van der Waals surface area contributed by atoms with Gasteiger partial charge in [-0.15, -0.1) is 0 Å². The Labute approximate surface area is 119 Å². The first-order valence-corrected chi connectivity index (χ1v) is 7.66. The first kappa shape index (κ1) is 15.4. The van der Waals surface area contributed by atoms with Crippen LogP contribution in [0.5, 0.6) is 0 Å². The number of hydrogen-bond acceptors (Lipinski definition) is 4. The summed E-state index contributed by atoms with van der Waals surface area (Å²) in [5, 5.41) is 8.84. The molecule has 4 atom stereocenters. The third-order valence-electron chi connectivity index (χ3n) is 4.17. The normalized spacial score (nSPS) is 33.5. The number of aliphatic carboxylic acids is 1. The van der Waals surface area contributed by atoms with Gasteiger partial charge in [0.05, 0.1) is 12.2 Å². The van der Waals surface area contributed by atoms with E-state index in [1.165, 1.54) is 0 Å². The number of Topliss-reactive ketones (excluding diaryl/α,β-unsaturated/α-hetero) is 1. The SMILES string of the molecule is CCCC1CCC(CCC(=O)C2CCC(C(=O)O)O2)O1. The van der Waals surface area contributed by atoms with Crippen LogP contribution in [0.3, 0.4) is 0 Å². The maximum absolute atomic E-state index is 12.0. The molecular weight excluding hydrogens is 260 g/mol. The van der Waals surface area contributed by atoms with E-state index in [-0.39, 0.29) is 11.9 Å². The van der Waals surface area contributed by atoms with Gasteiger partial charge in [0.15, 0.2) is 11.9 Å². The Morgan fingerprint density at radius 1 is 1.00 bits per heavy atom. The summed E-state index contributed by atoms with van der Waals surface area (Å²) in [6.45, 7) is 2.15. The van der Waals surface area contributed by atoms with Gasteiger partial charge in [0.25, 0.3) is 0 Å². The number of hydrogen-bond donors (Lipinski definition) is 1. The molecule has 0 aliphatic carbocycles. The average molecular weight is 284 g/mol. The van der Waals surface area contributed by atoms with Gasteiger partial charge in [-0.2, -0.15) is 0 Å². The zero-order chi connectivity index (χ0) is 14.5. The number of rotatable bonds is 7. The van der Waals surface area contributed by atoms with Gasteiger partial charge in [-0.3, -0.25) is 4.79 Å². The number of carbonyl (C=O) groups is 2. The van der Waals surface area contributed by atoms with Gasteiger partial charge in [0.2, 0.25) is 0 Å². The Hall–Kier alpha value is -0.940. The van der Waals surface area contributed by atoms with Crippen molar-refractivity contribution in [3.63, 3.8) is 0 Å². The maximum Gasteiger partial charge on any atom is 0.332 e. The van der Waals surface area contributed by atoms with E-state index in [0.717, 1.165) is 32.1 Å². The predicted octanol–water partition coefficient (Wildman–Crippen LogP) is 2.32. The summed E-state index contributed by atoms with van der Waals surface area (Å²) >= 11 is 0. The highest BCUT2D eigenvalue weighted by Crippen LogP contribution is 2.27. The Morgan fingerprint density at radius 3 is 2.25 bits per heavy atom. The van der Waals surface area contributed by atoms with E-state index >= 15 is 0 Å². The summed E-state index contributed by atoms with van der Waals surface area (Å²) in [5.74, 6) is -0.946. The molecule has 0 bridgehead atoms. The zero-order valence-electron chi connectivity index (χ0n) is 12.0. The minimum Gasteiger partial charge on any atom is -0.479 e. The second kappa shape index (κ2) is 7.18. The van der Waals surface area contributed by atoms with Crippen LogP contribution in [0, 0.1) is 0 Å². The van der Waals surface area contributed by atoms with E-state index in [1.54, 1.807) is 0 Å². The van der Waals surface area contributed by atoms with Crippen LogP contribution in [0.2, 0.25) is 0 Å². The molecule has 0 aromatic carbocycles. The van der Waals surface area contributed by atoms with Crippen molar-refractivity contribution in [2.24, 2.45) is 0 Å². The smallest absolute Gasteiger partial charge is 0.332 e. The lowest BCUT2D eigenvalue weighted by Gasteiger charge is -2.14. The summed E-state index contributed by atoms with van der Waals surface area (Å²) in [6.07, 6.45) is 5.69. The third-order valence-corrected chi connectivity index (χ3v) is 4.17. The van der Waals surface area contributed by atoms with E-state index in [2.05, 4.69) is 6.92 Å². The topological polar surface area (TPSA) is 72.8 Å². The molecule has 0 spiro atoms. The van der Waals surface area contributed by atoms with Crippen LogP contribution < -0.4 is 0 Å². The molecule has 2 rings (SSSR count). The van der Waals surface area contributed by atoms with E-state index in [1.807, 2.05) is 0 Å². The number of ether oxygens (including phenoxy) is 2. The molecular formula is C15H24O5. The fraction of sp³-hybridized carbons (Fsp3) is 0.867. The maximum atomic E-state index is 12.0. The van der Waals surface area contributed by atoms with Crippen LogP contribution in [0.4, 0.5) is 0 Å². The highest BCUT2D eigenvalue weighted by molar-refractivity contribution is 5.84. The summed E-state index contributed by atoms with van der Waals surface area (Å²) in [7, 11) is 0. The van der Waals surface area contributed by atoms with Crippen molar-refractivity contribution in [3.05, 3.63) is 0 Å². The van der Waals surface area contributed by atoms with Crippen molar-refractivity contribution in [2.75, 3.05) is 0 Å². The van der Waals surface area contributed by atoms with Gasteiger partial charge in [0.1, 0.15) is 6.10 Å². The summed E-state index contributed by atoms with van der Waals surface area (Å²) < 4.78 is 11.2. The number of carboxylic acids is 1. The lowest BCUT2D eigenvalue weighted by molar-refractivity contribution is -0.151. The van der Waals surface area contributed by atoms with Crippen molar-refractivity contribution < 1.29 is 24.2 Å². The van der Waals surface area contributed by atoms with Crippen LogP contribution in [-0.4, -0.2) is 41.3 Å². The molecule has 1 N–H and O–H groups in total. The quantitative estimate of drug-likeness (QED) is 0.776. The van der Waals surface area contributed by atoms with Gasteiger partial charge >= 0.3 is 5.97 Å². The van der Waals surface area contributed by atoms with Crippen LogP contribution in [-0.2, 0) is 19.1 Å². The van der Waals surface area contributed by atoms with Crippen molar-refractivity contribution in [3.8, 4) is 0 Å². The van der Waals surface area contributed by atoms with Gasteiger partial charge in [-0.05, 0) is 38.5 Å². The van der Waals surface area contributed by atoms with Crippen LogP contribution in [0.15, 0.2) is 0 Å². The van der Waals surface area contributed by atoms with Crippen molar-refractivity contribution in [2.45, 2.75) is 82.7 Å². The predicted molar refractivity (Wildman–Crippen MR) is 72.6 cm³/mol. The van der Waals surface area contributed by atoms with Crippen LogP contribution in [0.1, 0.15) is 58.3 Å². The minimum absolute atomic E-state index is 0.0243. The molecule has 5 nitrogen and oxygen atoms in total. The molecule has 2 fully saturated rings. The van der Waals surface area contributed by atoms with Crippen molar-refractivity contribution >= 4 is 11.8 Å². The lowest BCUT2D eigenvalue weighted by Crippen LogP contribution is -2.26. The average Bonchev–Trinajstić information content (AvgIpc) is 3.05. The second-order valence-electron chi connectivity index (χ2n) is 5.78. The molecule has 0 amide bonds. The molecule has 0 aromatic heterocycles. The zero-order valence-corrected chi connectivity index (χ0v) is 12.0. The summed E-state index contributed by atoms with van der Waals surface area (Å²) in [5.41, 5.74) is 0. The van der Waals surface area contributed by atoms with E-state index in [0.29, 0.717) is 25.4 Å². The van der Waals surface area contributed by atoms with Crippen LogP contribution in [0.25, 0.3) is 0 Å². The number of ketones is 1. The Bertz CT molecular complexity index is 354.